The Balaban J connectivity index is 1.62. The van der Waals surface area contributed by atoms with Gasteiger partial charge in [0.05, 0.1) is 25.8 Å². The van der Waals surface area contributed by atoms with Crippen LogP contribution in [0.1, 0.15) is 23.2 Å². The van der Waals surface area contributed by atoms with Gasteiger partial charge in [-0.25, -0.2) is 0 Å². The lowest BCUT2D eigenvalue weighted by Gasteiger charge is -2.10. The smallest absolute Gasteiger partial charge is 0.251 e. The second-order valence-corrected chi connectivity index (χ2v) is 6.47. The summed E-state index contributed by atoms with van der Waals surface area (Å²) >= 11 is 6.00. The molecule has 0 aromatic heterocycles. The SMILES string of the molecule is COc1ccc(C(=O)NCCNC(=O)CCCOc2ccccc2Cl)cc1OC. The summed E-state index contributed by atoms with van der Waals surface area (Å²) in [6.45, 7) is 1.05. The molecule has 2 aromatic carbocycles. The first-order valence-corrected chi connectivity index (χ1v) is 9.57. The van der Waals surface area contributed by atoms with E-state index in [2.05, 4.69) is 10.6 Å². The lowest BCUT2D eigenvalue weighted by atomic mass is 10.2. The molecule has 7 nitrogen and oxygen atoms in total. The monoisotopic (exact) mass is 420 g/mol. The summed E-state index contributed by atoms with van der Waals surface area (Å²) in [5.41, 5.74) is 0.450. The molecule has 156 valence electrons. The molecule has 0 aliphatic rings. The van der Waals surface area contributed by atoms with Crippen molar-refractivity contribution in [2.45, 2.75) is 12.8 Å². The number of ether oxygens (including phenoxy) is 3. The number of hydrogen-bond acceptors (Lipinski definition) is 5. The van der Waals surface area contributed by atoms with Crippen LogP contribution >= 0.6 is 11.6 Å². The number of para-hydroxylation sites is 1. The van der Waals surface area contributed by atoms with E-state index < -0.39 is 0 Å². The van der Waals surface area contributed by atoms with Crippen LogP contribution in [0.4, 0.5) is 0 Å². The Kier molecular flexibility index (Phi) is 9.11. The van der Waals surface area contributed by atoms with Gasteiger partial charge in [0.2, 0.25) is 5.91 Å². The van der Waals surface area contributed by atoms with Crippen molar-refractivity contribution in [3.63, 3.8) is 0 Å². The molecule has 2 N–H and O–H groups in total. The molecule has 2 rings (SSSR count). The van der Waals surface area contributed by atoms with Gasteiger partial charge >= 0.3 is 0 Å². The number of halogens is 1. The Morgan fingerprint density at radius 3 is 2.38 bits per heavy atom. The van der Waals surface area contributed by atoms with Crippen LogP contribution in [0.5, 0.6) is 17.2 Å². The maximum atomic E-state index is 12.2. The van der Waals surface area contributed by atoms with Crippen molar-refractivity contribution in [2.24, 2.45) is 0 Å². The fraction of sp³-hybridized carbons (Fsp3) is 0.333. The second kappa shape index (κ2) is 11.8. The average Bonchev–Trinajstić information content (AvgIpc) is 2.74. The molecule has 0 heterocycles. The van der Waals surface area contributed by atoms with Crippen LogP contribution in [-0.2, 0) is 4.79 Å². The molecule has 0 saturated carbocycles. The van der Waals surface area contributed by atoms with E-state index in [0.717, 1.165) is 0 Å². The van der Waals surface area contributed by atoms with E-state index in [1.54, 1.807) is 30.3 Å². The van der Waals surface area contributed by atoms with Crippen molar-refractivity contribution < 1.29 is 23.8 Å². The first-order valence-electron chi connectivity index (χ1n) is 9.19. The lowest BCUT2D eigenvalue weighted by molar-refractivity contribution is -0.121. The Hall–Kier alpha value is -2.93. The van der Waals surface area contributed by atoms with Crippen LogP contribution in [0.2, 0.25) is 5.02 Å². The highest BCUT2D eigenvalue weighted by Crippen LogP contribution is 2.27. The van der Waals surface area contributed by atoms with Crippen molar-refractivity contribution in [3.8, 4) is 17.2 Å². The molecule has 0 fully saturated rings. The normalized spacial score (nSPS) is 10.2. The molecule has 0 unspecified atom stereocenters. The van der Waals surface area contributed by atoms with Crippen LogP contribution in [0.3, 0.4) is 0 Å². The average molecular weight is 421 g/mol. The minimum absolute atomic E-state index is 0.104. The molecule has 8 heteroatoms. The number of nitrogens with one attached hydrogen (secondary N) is 2. The third-order valence-corrected chi connectivity index (χ3v) is 4.33. The van der Waals surface area contributed by atoms with E-state index in [0.29, 0.717) is 60.4 Å². The fourth-order valence-corrected chi connectivity index (χ4v) is 2.71. The highest BCUT2D eigenvalue weighted by atomic mass is 35.5. The van der Waals surface area contributed by atoms with E-state index in [-0.39, 0.29) is 11.8 Å². The summed E-state index contributed by atoms with van der Waals surface area (Å²) in [6.07, 6.45) is 0.892. The maximum absolute atomic E-state index is 12.2. The van der Waals surface area contributed by atoms with Crippen molar-refractivity contribution in [1.29, 1.82) is 0 Å². The van der Waals surface area contributed by atoms with Crippen LogP contribution in [0.25, 0.3) is 0 Å². The number of hydrogen-bond donors (Lipinski definition) is 2. The predicted octanol–water partition coefficient (Wildman–Crippen LogP) is 3.06. The molecule has 0 atom stereocenters. The summed E-state index contributed by atoms with van der Waals surface area (Å²) in [6, 6.07) is 12.1. The summed E-state index contributed by atoms with van der Waals surface area (Å²) in [7, 11) is 3.04. The quantitative estimate of drug-likeness (QED) is 0.546. The number of methoxy groups -OCH3 is 2. The van der Waals surface area contributed by atoms with Gasteiger partial charge in [-0.2, -0.15) is 0 Å². The Labute approximate surface area is 175 Å². The number of rotatable bonds is 11. The van der Waals surface area contributed by atoms with Crippen molar-refractivity contribution >= 4 is 23.4 Å². The van der Waals surface area contributed by atoms with Gasteiger partial charge in [-0.05, 0) is 36.8 Å². The van der Waals surface area contributed by atoms with E-state index in [4.69, 9.17) is 25.8 Å². The molecule has 0 saturated heterocycles. The summed E-state index contributed by atoms with van der Waals surface area (Å²) < 4.78 is 15.9. The first kappa shape index (κ1) is 22.4. The van der Waals surface area contributed by atoms with Crippen LogP contribution < -0.4 is 24.8 Å². The molecule has 29 heavy (non-hydrogen) atoms. The van der Waals surface area contributed by atoms with Crippen LogP contribution in [0.15, 0.2) is 42.5 Å². The first-order chi connectivity index (χ1) is 14.0. The molecule has 0 bridgehead atoms. The molecule has 2 amide bonds. The zero-order valence-corrected chi connectivity index (χ0v) is 17.3. The standard InChI is InChI=1S/C21H25ClN2O5/c1-27-18-10-9-15(14-19(18)28-2)21(26)24-12-11-23-20(25)8-5-13-29-17-7-4-3-6-16(17)22/h3-4,6-7,9-10,14H,5,8,11-13H2,1-2H3,(H,23,25)(H,24,26). The summed E-state index contributed by atoms with van der Waals surface area (Å²) in [5.74, 6) is 1.27. The minimum atomic E-state index is -0.256. The fourth-order valence-electron chi connectivity index (χ4n) is 2.52. The van der Waals surface area contributed by atoms with Crippen molar-refractivity contribution in [3.05, 3.63) is 53.1 Å². The summed E-state index contributed by atoms with van der Waals surface area (Å²) in [5, 5.41) is 6.05. The summed E-state index contributed by atoms with van der Waals surface area (Å²) in [4.78, 5) is 24.0. The van der Waals surface area contributed by atoms with Gasteiger partial charge in [-0.3, -0.25) is 9.59 Å². The molecular formula is C21H25ClN2O5. The topological polar surface area (TPSA) is 85.9 Å². The molecule has 2 aromatic rings. The van der Waals surface area contributed by atoms with Crippen LogP contribution in [-0.4, -0.2) is 45.7 Å². The number of amides is 2. The number of carbonyl (C=O) groups is 2. The molecular weight excluding hydrogens is 396 g/mol. The molecule has 0 radical (unpaired) electrons. The molecule has 0 aliphatic heterocycles. The van der Waals surface area contributed by atoms with Crippen LogP contribution in [0, 0.1) is 0 Å². The third kappa shape index (κ3) is 7.19. The molecule has 0 spiro atoms. The van der Waals surface area contributed by atoms with Gasteiger partial charge < -0.3 is 24.8 Å². The molecule has 0 aliphatic carbocycles. The maximum Gasteiger partial charge on any atom is 0.251 e. The van der Waals surface area contributed by atoms with Gasteiger partial charge in [-0.1, -0.05) is 23.7 Å². The zero-order valence-electron chi connectivity index (χ0n) is 16.5. The van der Waals surface area contributed by atoms with E-state index in [1.165, 1.54) is 14.2 Å². The highest BCUT2D eigenvalue weighted by molar-refractivity contribution is 6.32. The Bertz CT molecular complexity index is 828. The van der Waals surface area contributed by atoms with Crippen molar-refractivity contribution in [1.82, 2.24) is 10.6 Å². The third-order valence-electron chi connectivity index (χ3n) is 4.02. The minimum Gasteiger partial charge on any atom is -0.493 e. The van der Waals surface area contributed by atoms with E-state index in [9.17, 15) is 9.59 Å². The highest BCUT2D eigenvalue weighted by Gasteiger charge is 2.10. The largest absolute Gasteiger partial charge is 0.493 e. The number of carbonyl (C=O) groups excluding carboxylic acids is 2. The van der Waals surface area contributed by atoms with Gasteiger partial charge in [0.1, 0.15) is 5.75 Å². The van der Waals surface area contributed by atoms with Gasteiger partial charge in [0, 0.05) is 25.1 Å². The number of benzene rings is 2. The van der Waals surface area contributed by atoms with E-state index >= 15 is 0 Å². The lowest BCUT2D eigenvalue weighted by Crippen LogP contribution is -2.34. The predicted molar refractivity (Wildman–Crippen MR) is 111 cm³/mol. The zero-order chi connectivity index (χ0) is 21.1. The Morgan fingerprint density at radius 1 is 0.931 bits per heavy atom. The van der Waals surface area contributed by atoms with Gasteiger partial charge in [-0.15, -0.1) is 0 Å². The van der Waals surface area contributed by atoms with E-state index in [1.807, 2.05) is 12.1 Å². The second-order valence-electron chi connectivity index (χ2n) is 6.06. The Morgan fingerprint density at radius 2 is 1.66 bits per heavy atom. The van der Waals surface area contributed by atoms with Gasteiger partial charge in [0.15, 0.2) is 11.5 Å². The van der Waals surface area contributed by atoms with Gasteiger partial charge in [0.25, 0.3) is 5.91 Å². The van der Waals surface area contributed by atoms with Crippen molar-refractivity contribution in [2.75, 3.05) is 33.9 Å².